The summed E-state index contributed by atoms with van der Waals surface area (Å²) in [4.78, 5) is 3.88. The van der Waals surface area contributed by atoms with Crippen LogP contribution in [-0.4, -0.2) is 16.7 Å². The number of aromatic nitrogens is 2. The topological polar surface area (TPSA) is 51.0 Å². The lowest BCUT2D eigenvalue weighted by Gasteiger charge is -2.05. The molecule has 0 bridgehead atoms. The molecule has 0 spiro atoms. The van der Waals surface area contributed by atoms with E-state index in [-0.39, 0.29) is 5.56 Å². The van der Waals surface area contributed by atoms with Gasteiger partial charge in [0.1, 0.15) is 0 Å². The van der Waals surface area contributed by atoms with Crippen LogP contribution in [0.3, 0.4) is 0 Å². The summed E-state index contributed by atoms with van der Waals surface area (Å²) in [6.45, 7) is 1.21. The fraction of sp³-hybridized carbons (Fsp3) is 0.333. The third kappa shape index (κ3) is 3.59. The quantitative estimate of drug-likeness (QED) is 0.803. The van der Waals surface area contributed by atoms with E-state index < -0.39 is 6.43 Å². The van der Waals surface area contributed by atoms with Crippen LogP contribution in [0.1, 0.15) is 23.4 Å². The first-order valence-electron chi connectivity index (χ1n) is 5.58. The summed E-state index contributed by atoms with van der Waals surface area (Å²) in [5.74, 6) is 0.629. The van der Waals surface area contributed by atoms with Gasteiger partial charge < -0.3 is 9.84 Å². The number of hydrogen-bond acceptors (Lipinski definition) is 4. The lowest BCUT2D eigenvalue weighted by atomic mass is 10.1. The van der Waals surface area contributed by atoms with E-state index in [9.17, 15) is 8.78 Å². The number of hydrogen-bond donors (Lipinski definition) is 1. The highest BCUT2D eigenvalue weighted by Crippen LogP contribution is 2.19. The average molecular weight is 253 g/mol. The summed E-state index contributed by atoms with van der Waals surface area (Å²) in [5.41, 5.74) is 0.883. The molecule has 96 valence electrons. The Hall–Kier alpha value is -1.82. The lowest BCUT2D eigenvalue weighted by Crippen LogP contribution is -2.17. The number of rotatable bonds is 6. The molecule has 6 heteroatoms. The third-order valence-corrected chi connectivity index (χ3v) is 2.46. The van der Waals surface area contributed by atoms with E-state index in [2.05, 4.69) is 20.0 Å². The summed E-state index contributed by atoms with van der Waals surface area (Å²) >= 11 is 0. The Morgan fingerprint density at radius 2 is 2.22 bits per heavy atom. The van der Waals surface area contributed by atoms with Gasteiger partial charge in [0, 0.05) is 25.1 Å². The molecule has 1 aromatic carbocycles. The van der Waals surface area contributed by atoms with Crippen molar-refractivity contribution in [3.8, 4) is 0 Å². The van der Waals surface area contributed by atoms with Crippen LogP contribution < -0.4 is 5.32 Å². The van der Waals surface area contributed by atoms with Crippen molar-refractivity contribution in [3.05, 3.63) is 47.6 Å². The van der Waals surface area contributed by atoms with Crippen molar-refractivity contribution in [2.45, 2.75) is 19.4 Å². The number of halogens is 2. The fourth-order valence-corrected chi connectivity index (χ4v) is 1.57. The van der Waals surface area contributed by atoms with Gasteiger partial charge in [0.15, 0.2) is 5.82 Å². The van der Waals surface area contributed by atoms with Crippen LogP contribution in [0, 0.1) is 0 Å². The molecule has 0 amide bonds. The van der Waals surface area contributed by atoms with Crippen molar-refractivity contribution >= 4 is 0 Å². The molecule has 1 heterocycles. The molecular formula is C12H13F2N3O. The molecule has 0 fully saturated rings. The molecule has 0 atom stereocenters. The van der Waals surface area contributed by atoms with E-state index in [0.29, 0.717) is 25.3 Å². The first-order chi connectivity index (χ1) is 8.75. The molecule has 0 radical (unpaired) electrons. The molecule has 0 saturated heterocycles. The van der Waals surface area contributed by atoms with Gasteiger partial charge in [0.2, 0.25) is 6.39 Å². The summed E-state index contributed by atoms with van der Waals surface area (Å²) in [6, 6.07) is 6.38. The zero-order valence-electron chi connectivity index (χ0n) is 9.64. The maximum absolute atomic E-state index is 12.5. The Morgan fingerprint density at radius 3 is 2.94 bits per heavy atom. The van der Waals surface area contributed by atoms with Gasteiger partial charge in [-0.25, -0.2) is 8.78 Å². The van der Waals surface area contributed by atoms with Gasteiger partial charge in [-0.05, 0) is 11.6 Å². The molecule has 2 aromatic rings. The number of alkyl halides is 2. The molecule has 0 aliphatic carbocycles. The highest BCUT2D eigenvalue weighted by atomic mass is 19.3. The van der Waals surface area contributed by atoms with Gasteiger partial charge in [-0.15, -0.1) is 0 Å². The van der Waals surface area contributed by atoms with Gasteiger partial charge >= 0.3 is 0 Å². The van der Waals surface area contributed by atoms with Crippen LogP contribution >= 0.6 is 0 Å². The van der Waals surface area contributed by atoms with Gasteiger partial charge in [-0.3, -0.25) is 0 Å². The average Bonchev–Trinajstić information content (AvgIpc) is 2.88. The first kappa shape index (κ1) is 12.6. The van der Waals surface area contributed by atoms with Crippen molar-refractivity contribution < 1.29 is 13.3 Å². The molecule has 1 aromatic heterocycles. The monoisotopic (exact) mass is 253 g/mol. The van der Waals surface area contributed by atoms with E-state index in [0.717, 1.165) is 5.56 Å². The predicted octanol–water partition coefficient (Wildman–Crippen LogP) is 2.34. The summed E-state index contributed by atoms with van der Waals surface area (Å²) < 4.78 is 29.5. The molecule has 2 rings (SSSR count). The highest BCUT2D eigenvalue weighted by molar-refractivity contribution is 5.24. The van der Waals surface area contributed by atoms with Crippen LogP contribution in [0.15, 0.2) is 35.2 Å². The van der Waals surface area contributed by atoms with Crippen molar-refractivity contribution in [1.82, 2.24) is 15.5 Å². The molecular weight excluding hydrogens is 240 g/mol. The van der Waals surface area contributed by atoms with E-state index in [4.69, 9.17) is 0 Å². The molecule has 18 heavy (non-hydrogen) atoms. The van der Waals surface area contributed by atoms with E-state index >= 15 is 0 Å². The second-order valence-electron chi connectivity index (χ2n) is 3.82. The minimum absolute atomic E-state index is 0.0486. The van der Waals surface area contributed by atoms with Gasteiger partial charge in [-0.2, -0.15) is 4.98 Å². The van der Waals surface area contributed by atoms with Gasteiger partial charge in [0.25, 0.3) is 6.43 Å². The van der Waals surface area contributed by atoms with Crippen molar-refractivity contribution in [1.29, 1.82) is 0 Å². The maximum Gasteiger partial charge on any atom is 0.263 e. The normalized spacial score (nSPS) is 11.1. The minimum atomic E-state index is -2.43. The van der Waals surface area contributed by atoms with Crippen LogP contribution in [0.2, 0.25) is 0 Å². The SMILES string of the molecule is FC(F)c1cccc(CNCCc2ncon2)c1. The minimum Gasteiger partial charge on any atom is -0.343 e. The lowest BCUT2D eigenvalue weighted by molar-refractivity contribution is 0.151. The Kier molecular flexibility index (Phi) is 4.35. The fourth-order valence-electron chi connectivity index (χ4n) is 1.57. The molecule has 0 saturated carbocycles. The molecule has 4 nitrogen and oxygen atoms in total. The zero-order valence-corrected chi connectivity index (χ0v) is 9.64. The number of benzene rings is 1. The smallest absolute Gasteiger partial charge is 0.263 e. The maximum atomic E-state index is 12.5. The van der Waals surface area contributed by atoms with E-state index in [1.54, 1.807) is 6.07 Å². The van der Waals surface area contributed by atoms with Crippen LogP contribution in [0.4, 0.5) is 8.78 Å². The van der Waals surface area contributed by atoms with Crippen LogP contribution in [0.25, 0.3) is 0 Å². The Labute approximate surface area is 103 Å². The highest BCUT2D eigenvalue weighted by Gasteiger charge is 2.06. The van der Waals surface area contributed by atoms with Gasteiger partial charge in [-0.1, -0.05) is 23.4 Å². The van der Waals surface area contributed by atoms with Crippen LogP contribution in [0.5, 0.6) is 0 Å². The van der Waals surface area contributed by atoms with E-state index in [1.165, 1.54) is 18.5 Å². The van der Waals surface area contributed by atoms with E-state index in [1.807, 2.05) is 6.07 Å². The van der Waals surface area contributed by atoms with Gasteiger partial charge in [0.05, 0.1) is 0 Å². The Morgan fingerprint density at radius 1 is 1.33 bits per heavy atom. The van der Waals surface area contributed by atoms with Crippen molar-refractivity contribution in [2.24, 2.45) is 0 Å². The van der Waals surface area contributed by atoms with Crippen molar-refractivity contribution in [3.63, 3.8) is 0 Å². The number of nitrogens with zero attached hydrogens (tertiary/aromatic N) is 2. The third-order valence-electron chi connectivity index (χ3n) is 2.46. The first-order valence-corrected chi connectivity index (χ1v) is 5.58. The standard InChI is InChI=1S/C12H13F2N3O/c13-12(14)10-3-1-2-9(6-10)7-15-5-4-11-16-8-18-17-11/h1-3,6,8,12,15H,4-5,7H2. The Balaban J connectivity index is 1.78. The molecule has 0 aliphatic heterocycles. The number of nitrogens with one attached hydrogen (secondary N) is 1. The summed E-state index contributed by atoms with van der Waals surface area (Å²) in [6.07, 6.45) is -0.503. The second-order valence-corrected chi connectivity index (χ2v) is 3.82. The largest absolute Gasteiger partial charge is 0.343 e. The predicted molar refractivity (Wildman–Crippen MR) is 61.1 cm³/mol. The molecule has 0 unspecified atom stereocenters. The Bertz CT molecular complexity index is 474. The zero-order chi connectivity index (χ0) is 12.8. The molecule has 0 aliphatic rings. The summed E-state index contributed by atoms with van der Waals surface area (Å²) in [5, 5.41) is 6.81. The second kappa shape index (κ2) is 6.20. The van der Waals surface area contributed by atoms with Crippen molar-refractivity contribution in [2.75, 3.05) is 6.54 Å². The summed E-state index contributed by atoms with van der Waals surface area (Å²) in [7, 11) is 0. The van der Waals surface area contributed by atoms with Crippen LogP contribution in [-0.2, 0) is 13.0 Å². The molecule has 1 N–H and O–H groups in total.